The van der Waals surface area contributed by atoms with Gasteiger partial charge >= 0.3 is 0 Å². The molecule has 0 bridgehead atoms. The topological polar surface area (TPSA) is 32.3 Å². The second-order valence-electron chi connectivity index (χ2n) is 11.9. The van der Waals surface area contributed by atoms with Crippen molar-refractivity contribution in [2.75, 3.05) is 7.05 Å². The Kier molecular flexibility index (Phi) is 5.77. The maximum Gasteiger partial charge on any atom is 0.0577 e. The fourth-order valence-corrected chi connectivity index (χ4v) is 8.14. The number of hydrogen-bond acceptors (Lipinski definition) is 2. The van der Waals surface area contributed by atoms with E-state index in [4.69, 9.17) is 0 Å². The summed E-state index contributed by atoms with van der Waals surface area (Å²) in [6, 6.07) is 0. The van der Waals surface area contributed by atoms with Crippen LogP contribution in [0.3, 0.4) is 0 Å². The average molecular weight is 388 g/mol. The fraction of sp³-hybridized carbons (Fsp3) is 0.923. The van der Waals surface area contributed by atoms with E-state index in [-0.39, 0.29) is 11.6 Å². The molecule has 0 saturated heterocycles. The Hall–Kier alpha value is -0.340. The van der Waals surface area contributed by atoms with Gasteiger partial charge in [-0.3, -0.25) is 0 Å². The maximum absolute atomic E-state index is 10.1. The van der Waals surface area contributed by atoms with Gasteiger partial charge in [0.2, 0.25) is 0 Å². The summed E-state index contributed by atoms with van der Waals surface area (Å²) in [7, 11) is 2.11. The zero-order valence-corrected chi connectivity index (χ0v) is 19.1. The fourth-order valence-electron chi connectivity index (χ4n) is 8.14. The lowest BCUT2D eigenvalue weighted by molar-refractivity contribution is -0.0298. The molecule has 0 spiro atoms. The highest BCUT2D eigenvalue weighted by atomic mass is 16.3. The molecule has 3 fully saturated rings. The molecule has 0 aromatic heterocycles. The van der Waals surface area contributed by atoms with E-state index < -0.39 is 0 Å². The first-order valence-electron chi connectivity index (χ1n) is 12.3. The Morgan fingerprint density at radius 2 is 1.96 bits per heavy atom. The van der Waals surface area contributed by atoms with Crippen molar-refractivity contribution in [1.29, 1.82) is 0 Å². The SMILES string of the molecule is CNC(C)(C)CCC(C)[C@H]1CCC2C3CC=C4C[C@@H](O)CC[C@@H]4C3CC[C@@]21C. The van der Waals surface area contributed by atoms with Gasteiger partial charge in [-0.15, -0.1) is 0 Å². The van der Waals surface area contributed by atoms with Crippen molar-refractivity contribution in [2.24, 2.45) is 40.9 Å². The van der Waals surface area contributed by atoms with Crippen LogP contribution in [0.15, 0.2) is 11.6 Å². The highest BCUT2D eigenvalue weighted by molar-refractivity contribution is 5.20. The normalized spacial score (nSPS) is 44.3. The van der Waals surface area contributed by atoms with Crippen LogP contribution in [0.2, 0.25) is 0 Å². The van der Waals surface area contributed by atoms with E-state index in [9.17, 15) is 5.11 Å². The number of aliphatic hydroxyl groups is 1. The summed E-state index contributed by atoms with van der Waals surface area (Å²) in [6.45, 7) is 9.92. The number of hydrogen-bond donors (Lipinski definition) is 2. The molecule has 2 heteroatoms. The molecule has 4 aliphatic carbocycles. The molecule has 2 nitrogen and oxygen atoms in total. The summed E-state index contributed by atoms with van der Waals surface area (Å²) < 4.78 is 0. The lowest BCUT2D eigenvalue weighted by Crippen LogP contribution is -2.47. The van der Waals surface area contributed by atoms with Crippen LogP contribution in [0.5, 0.6) is 0 Å². The van der Waals surface area contributed by atoms with Crippen LogP contribution < -0.4 is 5.32 Å². The molecule has 0 aromatic rings. The Morgan fingerprint density at radius 3 is 2.71 bits per heavy atom. The van der Waals surface area contributed by atoms with Gasteiger partial charge in [-0.05, 0) is 126 Å². The minimum Gasteiger partial charge on any atom is -0.393 e. The van der Waals surface area contributed by atoms with Crippen LogP contribution >= 0.6 is 0 Å². The van der Waals surface area contributed by atoms with Crippen molar-refractivity contribution in [3.05, 3.63) is 11.6 Å². The molecule has 0 radical (unpaired) electrons. The second-order valence-corrected chi connectivity index (χ2v) is 11.9. The quantitative estimate of drug-likeness (QED) is 0.571. The van der Waals surface area contributed by atoms with Gasteiger partial charge < -0.3 is 10.4 Å². The number of fused-ring (bicyclic) bond motifs is 5. The summed E-state index contributed by atoms with van der Waals surface area (Å²) in [4.78, 5) is 0. The summed E-state index contributed by atoms with van der Waals surface area (Å²) in [5.41, 5.74) is 2.46. The zero-order chi connectivity index (χ0) is 20.1. The molecule has 4 unspecified atom stereocenters. The van der Waals surface area contributed by atoms with Crippen LogP contribution in [-0.4, -0.2) is 23.8 Å². The van der Waals surface area contributed by atoms with E-state index in [2.05, 4.69) is 46.1 Å². The van der Waals surface area contributed by atoms with Crippen molar-refractivity contribution < 1.29 is 5.11 Å². The Labute approximate surface area is 173 Å². The largest absolute Gasteiger partial charge is 0.393 e. The molecular weight excluding hydrogens is 342 g/mol. The van der Waals surface area contributed by atoms with Crippen molar-refractivity contribution >= 4 is 0 Å². The molecule has 8 atom stereocenters. The van der Waals surface area contributed by atoms with Crippen molar-refractivity contribution in [3.63, 3.8) is 0 Å². The Morgan fingerprint density at radius 1 is 1.18 bits per heavy atom. The van der Waals surface area contributed by atoms with Crippen LogP contribution in [0.1, 0.15) is 91.9 Å². The van der Waals surface area contributed by atoms with Gasteiger partial charge in [0.1, 0.15) is 0 Å². The summed E-state index contributed by atoms with van der Waals surface area (Å²) in [5.74, 6) is 5.36. The summed E-state index contributed by atoms with van der Waals surface area (Å²) in [6.07, 6.45) is 15.5. The first-order chi connectivity index (χ1) is 13.2. The predicted molar refractivity (Wildman–Crippen MR) is 118 cm³/mol. The first-order valence-corrected chi connectivity index (χ1v) is 12.3. The Balaban J connectivity index is 1.46. The van der Waals surface area contributed by atoms with Crippen LogP contribution in [0.4, 0.5) is 0 Å². The molecule has 0 aliphatic heterocycles. The number of allylic oxidation sites excluding steroid dienone is 1. The minimum absolute atomic E-state index is 0.0634. The number of rotatable bonds is 5. The van der Waals surface area contributed by atoms with Crippen molar-refractivity contribution in [3.8, 4) is 0 Å². The lowest BCUT2D eigenvalue weighted by atomic mass is 9.51. The van der Waals surface area contributed by atoms with Gasteiger partial charge in [-0.1, -0.05) is 25.5 Å². The molecule has 0 heterocycles. The van der Waals surface area contributed by atoms with Gasteiger partial charge in [-0.25, -0.2) is 0 Å². The second kappa shape index (κ2) is 7.73. The first kappa shape index (κ1) is 20.9. The van der Waals surface area contributed by atoms with E-state index in [0.717, 1.165) is 48.3 Å². The minimum atomic E-state index is -0.0634. The maximum atomic E-state index is 10.1. The van der Waals surface area contributed by atoms with Crippen LogP contribution in [0, 0.1) is 40.9 Å². The highest BCUT2D eigenvalue weighted by Crippen LogP contribution is 2.64. The van der Waals surface area contributed by atoms with Gasteiger partial charge in [0.15, 0.2) is 0 Å². The lowest BCUT2D eigenvalue weighted by Gasteiger charge is -2.54. The third-order valence-electron chi connectivity index (χ3n) is 10.1. The molecular formula is C26H45NO. The third-order valence-corrected chi connectivity index (χ3v) is 10.1. The van der Waals surface area contributed by atoms with E-state index in [0.29, 0.717) is 5.41 Å². The molecule has 4 rings (SSSR count). The van der Waals surface area contributed by atoms with Gasteiger partial charge in [0, 0.05) is 5.54 Å². The standard InChI is InChI=1S/C26H45NO/c1-17(12-14-25(2,3)27-5)23-10-11-24-22-8-6-18-16-19(28)7-9-20(18)21(22)13-15-26(23,24)4/h6,17,19-24,27-28H,7-16H2,1-5H3/t17?,19-,20-,21?,22?,23+,24?,26+/m0/s1. The Bertz CT molecular complexity index is 595. The summed E-state index contributed by atoms with van der Waals surface area (Å²) >= 11 is 0. The molecule has 28 heavy (non-hydrogen) atoms. The van der Waals surface area contributed by atoms with Gasteiger partial charge in [0.25, 0.3) is 0 Å². The van der Waals surface area contributed by atoms with Gasteiger partial charge in [0.05, 0.1) is 6.10 Å². The summed E-state index contributed by atoms with van der Waals surface area (Å²) in [5, 5.41) is 13.6. The van der Waals surface area contributed by atoms with Gasteiger partial charge in [-0.2, -0.15) is 0 Å². The number of aliphatic hydroxyl groups excluding tert-OH is 1. The molecule has 3 saturated carbocycles. The predicted octanol–water partition coefficient (Wildman–Crippen LogP) is 5.95. The molecule has 0 aromatic carbocycles. The van der Waals surface area contributed by atoms with E-state index in [1.54, 1.807) is 5.57 Å². The average Bonchev–Trinajstić information content (AvgIpc) is 3.03. The monoisotopic (exact) mass is 387 g/mol. The van der Waals surface area contributed by atoms with Crippen LogP contribution in [0.25, 0.3) is 0 Å². The zero-order valence-electron chi connectivity index (χ0n) is 19.1. The van der Waals surface area contributed by atoms with Crippen molar-refractivity contribution in [2.45, 2.75) is 104 Å². The molecule has 0 amide bonds. The number of nitrogens with one attached hydrogen (secondary N) is 1. The van der Waals surface area contributed by atoms with E-state index >= 15 is 0 Å². The highest BCUT2D eigenvalue weighted by Gasteiger charge is 2.56. The third kappa shape index (κ3) is 3.62. The molecule has 2 N–H and O–H groups in total. The van der Waals surface area contributed by atoms with E-state index in [1.807, 2.05) is 0 Å². The smallest absolute Gasteiger partial charge is 0.0577 e. The van der Waals surface area contributed by atoms with E-state index in [1.165, 1.54) is 51.4 Å². The van der Waals surface area contributed by atoms with Crippen LogP contribution in [-0.2, 0) is 0 Å². The molecule has 160 valence electrons. The van der Waals surface area contributed by atoms with Crippen molar-refractivity contribution in [1.82, 2.24) is 5.32 Å². The molecule has 4 aliphatic rings.